The van der Waals surface area contributed by atoms with Crippen molar-refractivity contribution in [3.63, 3.8) is 0 Å². The lowest BCUT2D eigenvalue weighted by Gasteiger charge is -2.43. The van der Waals surface area contributed by atoms with Crippen molar-refractivity contribution in [1.82, 2.24) is 0 Å². The van der Waals surface area contributed by atoms with E-state index in [0.29, 0.717) is 11.1 Å². The Hall–Kier alpha value is -2.33. The molecule has 3 rings (SSSR count). The lowest BCUT2D eigenvalue weighted by Crippen LogP contribution is -2.58. The van der Waals surface area contributed by atoms with Gasteiger partial charge in [0.25, 0.3) is 0 Å². The number of hydrogen-bond donors (Lipinski definition) is 0. The quantitative estimate of drug-likeness (QED) is 0.740. The van der Waals surface area contributed by atoms with Gasteiger partial charge in [-0.05, 0) is 75.1 Å². The number of hydrogen-bond acceptors (Lipinski definition) is 3. The van der Waals surface area contributed by atoms with Gasteiger partial charge in [0.2, 0.25) is 0 Å². The number of benzene rings is 2. The zero-order valence-electron chi connectivity index (χ0n) is 15.7. The Morgan fingerprint density at radius 1 is 0.885 bits per heavy atom. The Morgan fingerprint density at radius 2 is 1.46 bits per heavy atom. The van der Waals surface area contributed by atoms with Crippen LogP contribution in [0.3, 0.4) is 0 Å². The number of ketones is 2. The largest absolute Gasteiger partial charge is 0.354 e. The monoisotopic (exact) mass is 354 g/mol. The highest BCUT2D eigenvalue weighted by molar-refractivity contribution is 6.15. The van der Waals surface area contributed by atoms with E-state index in [-0.39, 0.29) is 17.4 Å². The molecule has 0 radical (unpaired) electrons. The van der Waals surface area contributed by atoms with Crippen molar-refractivity contribution >= 4 is 11.6 Å². The molecule has 0 unspecified atom stereocenters. The van der Waals surface area contributed by atoms with Crippen LogP contribution in [0.4, 0.5) is 4.39 Å². The summed E-state index contributed by atoms with van der Waals surface area (Å²) in [5, 5.41) is 0. The van der Waals surface area contributed by atoms with E-state index >= 15 is 0 Å². The second-order valence-electron chi connectivity index (χ2n) is 7.87. The molecule has 0 atom stereocenters. The van der Waals surface area contributed by atoms with Gasteiger partial charge >= 0.3 is 0 Å². The van der Waals surface area contributed by atoms with Gasteiger partial charge in [-0.3, -0.25) is 9.59 Å². The highest BCUT2D eigenvalue weighted by Gasteiger charge is 2.53. The summed E-state index contributed by atoms with van der Waals surface area (Å²) in [6.07, 6.45) is 0. The van der Waals surface area contributed by atoms with Gasteiger partial charge in [0.1, 0.15) is 22.9 Å². The Labute approximate surface area is 153 Å². The third kappa shape index (κ3) is 3.10. The molecule has 3 nitrogen and oxygen atoms in total. The normalized spacial score (nSPS) is 19.6. The van der Waals surface area contributed by atoms with E-state index in [4.69, 9.17) is 4.74 Å². The predicted octanol–water partition coefficient (Wildman–Crippen LogP) is 4.61. The molecular formula is C22H23FO3. The minimum absolute atomic E-state index is 0.249. The molecule has 1 saturated heterocycles. The minimum Gasteiger partial charge on any atom is -0.354 e. The Balaban J connectivity index is 2.14. The number of halogens is 1. The van der Waals surface area contributed by atoms with Crippen LogP contribution in [-0.4, -0.2) is 22.8 Å². The number of Topliss-reactive ketones (excluding diaryl/α,β-unsaturated/α-hetero) is 2. The first-order valence-electron chi connectivity index (χ1n) is 8.68. The van der Waals surface area contributed by atoms with Crippen molar-refractivity contribution in [3.05, 3.63) is 59.4 Å². The minimum atomic E-state index is -1.05. The molecule has 0 saturated carbocycles. The van der Waals surface area contributed by atoms with Gasteiger partial charge in [0, 0.05) is 0 Å². The van der Waals surface area contributed by atoms with E-state index in [0.717, 1.165) is 11.1 Å². The molecule has 2 aromatic rings. The SMILES string of the molecule is Cc1ccc(-c2cccc(F)c2)cc1C1C(=O)C(C)(C)OC(C)(C)C1=O. The fourth-order valence-electron chi connectivity index (χ4n) is 3.63. The molecule has 1 fully saturated rings. The molecule has 0 bridgehead atoms. The molecule has 4 heteroatoms. The summed E-state index contributed by atoms with van der Waals surface area (Å²) in [7, 11) is 0. The summed E-state index contributed by atoms with van der Waals surface area (Å²) in [4.78, 5) is 26.0. The van der Waals surface area contributed by atoms with E-state index in [1.165, 1.54) is 12.1 Å². The fraction of sp³-hybridized carbons (Fsp3) is 0.364. The maximum absolute atomic E-state index is 13.6. The first kappa shape index (κ1) is 18.5. The molecule has 136 valence electrons. The molecule has 1 heterocycles. The molecule has 0 aliphatic carbocycles. The molecule has 26 heavy (non-hydrogen) atoms. The summed E-state index contributed by atoms with van der Waals surface area (Å²) in [6.45, 7) is 8.66. The number of aryl methyl sites for hydroxylation is 1. The average molecular weight is 354 g/mol. The van der Waals surface area contributed by atoms with Gasteiger partial charge in [0.05, 0.1) is 0 Å². The predicted molar refractivity (Wildman–Crippen MR) is 98.6 cm³/mol. The highest BCUT2D eigenvalue weighted by atomic mass is 19.1. The number of rotatable bonds is 2. The summed E-state index contributed by atoms with van der Waals surface area (Å²) in [5.74, 6) is -1.71. The maximum Gasteiger partial charge on any atom is 0.179 e. The molecule has 1 aliphatic heterocycles. The van der Waals surface area contributed by atoms with Crippen LogP contribution in [0, 0.1) is 12.7 Å². The van der Waals surface area contributed by atoms with Crippen LogP contribution in [0.2, 0.25) is 0 Å². The van der Waals surface area contributed by atoms with E-state index in [9.17, 15) is 14.0 Å². The second kappa shape index (κ2) is 6.13. The van der Waals surface area contributed by atoms with Crippen molar-refractivity contribution in [2.75, 3.05) is 0 Å². The Morgan fingerprint density at radius 3 is 2.04 bits per heavy atom. The van der Waals surface area contributed by atoms with E-state index in [2.05, 4.69) is 0 Å². The third-order valence-electron chi connectivity index (χ3n) is 4.97. The number of ether oxygens (including phenoxy) is 1. The van der Waals surface area contributed by atoms with Gasteiger partial charge in [-0.1, -0.05) is 24.3 Å². The molecular weight excluding hydrogens is 331 g/mol. The van der Waals surface area contributed by atoms with Gasteiger partial charge < -0.3 is 4.74 Å². The third-order valence-corrected chi connectivity index (χ3v) is 4.97. The van der Waals surface area contributed by atoms with Crippen LogP contribution in [0.25, 0.3) is 11.1 Å². The second-order valence-corrected chi connectivity index (χ2v) is 7.87. The molecule has 0 amide bonds. The van der Waals surface area contributed by atoms with E-state index < -0.39 is 17.1 Å². The van der Waals surface area contributed by atoms with Crippen LogP contribution in [-0.2, 0) is 14.3 Å². The van der Waals surface area contributed by atoms with Crippen molar-refractivity contribution in [2.24, 2.45) is 0 Å². The Kier molecular flexibility index (Phi) is 4.35. The topological polar surface area (TPSA) is 43.4 Å². The van der Waals surface area contributed by atoms with E-state index in [1.54, 1.807) is 39.8 Å². The van der Waals surface area contributed by atoms with E-state index in [1.807, 2.05) is 25.1 Å². The first-order chi connectivity index (χ1) is 12.0. The molecule has 2 aromatic carbocycles. The van der Waals surface area contributed by atoms with Gasteiger partial charge in [-0.25, -0.2) is 4.39 Å². The van der Waals surface area contributed by atoms with Crippen molar-refractivity contribution in [2.45, 2.75) is 51.7 Å². The summed E-state index contributed by atoms with van der Waals surface area (Å²) >= 11 is 0. The first-order valence-corrected chi connectivity index (χ1v) is 8.68. The summed E-state index contributed by atoms with van der Waals surface area (Å²) in [5.41, 5.74) is 0.883. The zero-order chi connectivity index (χ0) is 19.3. The van der Waals surface area contributed by atoms with Crippen molar-refractivity contribution < 1.29 is 18.7 Å². The lowest BCUT2D eigenvalue weighted by atomic mass is 9.73. The van der Waals surface area contributed by atoms with Crippen LogP contribution in [0.15, 0.2) is 42.5 Å². The van der Waals surface area contributed by atoms with Crippen molar-refractivity contribution in [3.8, 4) is 11.1 Å². The highest BCUT2D eigenvalue weighted by Crippen LogP contribution is 2.40. The van der Waals surface area contributed by atoms with Crippen LogP contribution >= 0.6 is 0 Å². The molecule has 0 spiro atoms. The Bertz CT molecular complexity index is 870. The van der Waals surface area contributed by atoms with Crippen LogP contribution in [0.5, 0.6) is 0 Å². The molecule has 0 N–H and O–H groups in total. The van der Waals surface area contributed by atoms with Gasteiger partial charge in [0.15, 0.2) is 11.6 Å². The van der Waals surface area contributed by atoms with Crippen molar-refractivity contribution in [1.29, 1.82) is 0 Å². The number of carbonyl (C=O) groups is 2. The molecule has 1 aliphatic rings. The van der Waals surface area contributed by atoms with Crippen LogP contribution in [0.1, 0.15) is 44.7 Å². The average Bonchev–Trinajstić information content (AvgIpc) is 2.54. The molecule has 0 aromatic heterocycles. The smallest absolute Gasteiger partial charge is 0.179 e. The summed E-state index contributed by atoms with van der Waals surface area (Å²) in [6, 6.07) is 11.8. The maximum atomic E-state index is 13.6. The fourth-order valence-corrected chi connectivity index (χ4v) is 3.63. The summed E-state index contributed by atoms with van der Waals surface area (Å²) < 4.78 is 19.3. The van der Waals surface area contributed by atoms with Gasteiger partial charge in [-0.2, -0.15) is 0 Å². The number of carbonyl (C=O) groups excluding carboxylic acids is 2. The standard InChI is InChI=1S/C22H23FO3/c1-13-9-10-15(14-7-6-8-16(23)11-14)12-17(13)18-19(24)21(2,3)26-22(4,5)20(18)25/h6-12,18H,1-5H3. The lowest BCUT2D eigenvalue weighted by molar-refractivity contribution is -0.184. The van der Waals surface area contributed by atoms with Gasteiger partial charge in [-0.15, -0.1) is 0 Å². The van der Waals surface area contributed by atoms with Crippen LogP contribution < -0.4 is 0 Å². The zero-order valence-corrected chi connectivity index (χ0v) is 15.7.